The van der Waals surface area contributed by atoms with Gasteiger partial charge in [-0.2, -0.15) is 13.2 Å². The smallest absolute Gasteiger partial charge is 0.471 e. The zero-order chi connectivity index (χ0) is 30.9. The van der Waals surface area contributed by atoms with Gasteiger partial charge in [0.1, 0.15) is 0 Å². The summed E-state index contributed by atoms with van der Waals surface area (Å²) in [5.74, 6) is -4.29. The average Bonchev–Trinajstić information content (AvgIpc) is 2.76. The lowest BCUT2D eigenvalue weighted by Crippen LogP contribution is -2.50. The van der Waals surface area contributed by atoms with Crippen LogP contribution in [0.4, 0.5) is 24.5 Å². The minimum absolute atomic E-state index is 0.0863. The number of carboxylic acid groups (broad SMARTS) is 1. The van der Waals surface area contributed by atoms with Gasteiger partial charge < -0.3 is 24.5 Å². The van der Waals surface area contributed by atoms with E-state index in [1.807, 2.05) is 0 Å². The normalized spacial score (nSPS) is 32.2. The highest BCUT2D eigenvalue weighted by Crippen LogP contribution is 2.34. The van der Waals surface area contributed by atoms with E-state index >= 15 is 0 Å². The first-order valence-electron chi connectivity index (χ1n) is 13.9. The molecule has 10 heteroatoms. The van der Waals surface area contributed by atoms with E-state index in [0.717, 1.165) is 0 Å². The Labute approximate surface area is 182 Å². The van der Waals surface area contributed by atoms with Crippen LogP contribution in [0.1, 0.15) is 38.3 Å². The van der Waals surface area contributed by atoms with Crippen LogP contribution in [0.3, 0.4) is 0 Å². The van der Waals surface area contributed by atoms with E-state index in [2.05, 4.69) is 0 Å². The van der Waals surface area contributed by atoms with Gasteiger partial charge in [-0.15, -0.1) is 0 Å². The third-order valence-electron chi connectivity index (χ3n) is 4.29. The van der Waals surface area contributed by atoms with E-state index in [9.17, 15) is 27.9 Å². The van der Waals surface area contributed by atoms with Crippen molar-refractivity contribution in [2.24, 2.45) is 0 Å². The molecule has 2 saturated heterocycles. The van der Waals surface area contributed by atoms with E-state index in [4.69, 9.17) is 19.8 Å². The van der Waals surface area contributed by atoms with Crippen molar-refractivity contribution in [1.29, 1.82) is 0 Å². The Kier molecular flexibility index (Phi) is 3.30. The Morgan fingerprint density at radius 2 is 1.90 bits per heavy atom. The maximum atomic E-state index is 13.7. The molecule has 0 bridgehead atoms. The number of nitrogens with zero attached hydrogens (tertiary/aromatic N) is 3. The number of amides is 1. The van der Waals surface area contributed by atoms with Crippen LogP contribution in [0, 0.1) is 0 Å². The highest BCUT2D eigenvalue weighted by molar-refractivity contribution is 6.05. The molecule has 7 nitrogen and oxygen atoms in total. The second-order valence-electron chi connectivity index (χ2n) is 6.14. The van der Waals surface area contributed by atoms with Crippen molar-refractivity contribution in [1.82, 2.24) is 4.90 Å². The van der Waals surface area contributed by atoms with Gasteiger partial charge in [0.25, 0.3) is 0 Å². The maximum Gasteiger partial charge on any atom is 0.471 e. The lowest BCUT2D eigenvalue weighted by Gasteiger charge is -2.37. The third kappa shape index (κ3) is 4.81. The molecule has 0 unspecified atom stereocenters. The SMILES string of the molecule is [2H]C([2H])([2H])N1C([2H])([2H])C([2H])([2H])N(c2ccc(C(=O)O)c(N(C(=O)C(F)(F)F)C3CCOCC3)c2)C([2H])([2H])C1([2H])[2H]. The van der Waals surface area contributed by atoms with Gasteiger partial charge in [-0.05, 0) is 38.0 Å². The molecule has 2 fully saturated rings. The van der Waals surface area contributed by atoms with Gasteiger partial charge in [-0.1, -0.05) is 0 Å². The van der Waals surface area contributed by atoms with Crippen LogP contribution in [0.2, 0.25) is 0 Å². The summed E-state index contributed by atoms with van der Waals surface area (Å²) < 4.78 is 135. The molecule has 0 aromatic heterocycles. The monoisotopic (exact) mass is 426 g/mol. The van der Waals surface area contributed by atoms with Crippen molar-refractivity contribution in [2.45, 2.75) is 25.1 Å². The number of anilines is 2. The van der Waals surface area contributed by atoms with Gasteiger partial charge in [0.2, 0.25) is 0 Å². The van der Waals surface area contributed by atoms with Gasteiger partial charge in [0.15, 0.2) is 0 Å². The summed E-state index contributed by atoms with van der Waals surface area (Å²) in [5, 5.41) is 9.70. The van der Waals surface area contributed by atoms with E-state index in [0.29, 0.717) is 18.2 Å². The molecular formula is C19H24F3N3O4. The first-order chi connectivity index (χ1) is 17.9. The zero-order valence-corrected chi connectivity index (χ0v) is 14.8. The van der Waals surface area contributed by atoms with Gasteiger partial charge in [0.05, 0.1) is 16.7 Å². The standard InChI is InChI=1S/C19H24F3N3O4/c1-23-6-8-24(9-7-23)14-2-3-15(17(26)27)16(12-14)25(18(28)19(20,21)22)13-4-10-29-11-5-13/h2-3,12-13H,4-11H2,1H3,(H,26,27)/i1D3,6D2,7D2,8D2,9D2. The minimum Gasteiger partial charge on any atom is -0.478 e. The van der Waals surface area contributed by atoms with E-state index in [-0.39, 0.29) is 35.9 Å². The molecule has 1 aromatic rings. The Morgan fingerprint density at radius 3 is 2.45 bits per heavy atom. The summed E-state index contributed by atoms with van der Waals surface area (Å²) in [4.78, 5) is 23.9. The fourth-order valence-corrected chi connectivity index (χ4v) is 2.98. The summed E-state index contributed by atoms with van der Waals surface area (Å²) in [5.41, 5.74) is -2.67. The molecule has 2 aliphatic heterocycles. The third-order valence-corrected chi connectivity index (χ3v) is 4.29. The number of hydrogen-bond acceptors (Lipinski definition) is 5. The quantitative estimate of drug-likeness (QED) is 0.796. The topological polar surface area (TPSA) is 73.3 Å². The number of rotatable bonds is 4. The van der Waals surface area contributed by atoms with Crippen molar-refractivity contribution < 1.29 is 47.7 Å². The Morgan fingerprint density at radius 1 is 1.24 bits per heavy atom. The molecule has 0 spiro atoms. The molecule has 29 heavy (non-hydrogen) atoms. The lowest BCUT2D eigenvalue weighted by atomic mass is 10.0. The van der Waals surface area contributed by atoms with Crippen molar-refractivity contribution in [3.63, 3.8) is 0 Å². The van der Waals surface area contributed by atoms with Crippen molar-refractivity contribution in [3.8, 4) is 0 Å². The lowest BCUT2D eigenvalue weighted by molar-refractivity contribution is -0.171. The predicted molar refractivity (Wildman–Crippen MR) is 100 cm³/mol. The van der Waals surface area contributed by atoms with Crippen LogP contribution in [-0.2, 0) is 9.53 Å². The Balaban J connectivity index is 2.34. The number of halogens is 3. The zero-order valence-electron chi connectivity index (χ0n) is 25.8. The van der Waals surface area contributed by atoms with Crippen LogP contribution in [0.15, 0.2) is 18.2 Å². The van der Waals surface area contributed by atoms with E-state index in [1.54, 1.807) is 0 Å². The Hall–Kier alpha value is -2.33. The first-order valence-corrected chi connectivity index (χ1v) is 8.38. The van der Waals surface area contributed by atoms with Gasteiger partial charge in [-0.25, -0.2) is 4.79 Å². The number of hydrogen-bond donors (Lipinski definition) is 1. The van der Waals surface area contributed by atoms with Crippen LogP contribution >= 0.6 is 0 Å². The molecule has 1 N–H and O–H groups in total. The van der Waals surface area contributed by atoms with E-state index < -0.39 is 78.9 Å². The molecule has 0 radical (unpaired) electrons. The van der Waals surface area contributed by atoms with Crippen LogP contribution in [-0.4, -0.2) is 80.3 Å². The number of alkyl halides is 3. The molecule has 3 rings (SSSR count). The second kappa shape index (κ2) is 8.58. The highest BCUT2D eigenvalue weighted by Gasteiger charge is 2.46. The molecule has 2 aliphatic rings. The predicted octanol–water partition coefficient (Wildman–Crippen LogP) is 2.21. The molecule has 1 amide bonds. The minimum atomic E-state index is -5.51. The van der Waals surface area contributed by atoms with Gasteiger partial charge >= 0.3 is 18.1 Å². The number of carboxylic acids is 1. The average molecular weight is 426 g/mol. The number of likely N-dealkylation sites (N-methyl/N-ethyl adjacent to an activating group) is 1. The fourth-order valence-electron chi connectivity index (χ4n) is 2.98. The fraction of sp³-hybridized carbons (Fsp3) is 0.579. The summed E-state index contributed by atoms with van der Waals surface area (Å²) in [6.45, 7) is -18.9. The van der Waals surface area contributed by atoms with Gasteiger partial charge in [-0.3, -0.25) is 4.79 Å². The molecule has 1 aromatic carbocycles. The molecule has 2 heterocycles. The van der Waals surface area contributed by atoms with E-state index in [1.165, 1.54) is 0 Å². The number of carbonyl (C=O) groups excluding carboxylic acids is 1. The number of aromatic carboxylic acids is 1. The second-order valence-corrected chi connectivity index (χ2v) is 6.14. The van der Waals surface area contributed by atoms with Crippen LogP contribution in [0.25, 0.3) is 0 Å². The largest absolute Gasteiger partial charge is 0.478 e. The number of piperazine rings is 1. The van der Waals surface area contributed by atoms with Crippen LogP contribution in [0.5, 0.6) is 0 Å². The summed E-state index contributed by atoms with van der Waals surface area (Å²) in [7, 11) is 0. The van der Waals surface area contributed by atoms with Gasteiger partial charge in [0, 0.05) is 60.5 Å². The highest BCUT2D eigenvalue weighted by atomic mass is 19.4. The molecule has 0 aliphatic carbocycles. The first kappa shape index (κ1) is 11.2. The number of carbonyl (C=O) groups is 2. The summed E-state index contributed by atoms with van der Waals surface area (Å²) in [6.07, 6.45) is -5.82. The van der Waals surface area contributed by atoms with Crippen molar-refractivity contribution in [2.75, 3.05) is 56.0 Å². The summed E-state index contributed by atoms with van der Waals surface area (Å²) >= 11 is 0. The summed E-state index contributed by atoms with van der Waals surface area (Å²) in [6, 6.07) is 0.584. The van der Waals surface area contributed by atoms with Crippen molar-refractivity contribution >= 4 is 23.3 Å². The number of benzene rings is 1. The van der Waals surface area contributed by atoms with Crippen LogP contribution < -0.4 is 9.80 Å². The molecular weight excluding hydrogens is 391 g/mol. The molecule has 160 valence electrons. The van der Waals surface area contributed by atoms with Crippen molar-refractivity contribution in [3.05, 3.63) is 23.8 Å². The molecule has 0 saturated carbocycles. The number of ether oxygens (including phenoxy) is 1. The molecule has 0 atom stereocenters. The Bertz CT molecular complexity index is 1150. The maximum absolute atomic E-state index is 13.7.